The molecule has 0 atom stereocenters. The lowest BCUT2D eigenvalue weighted by molar-refractivity contribution is -0.716. The maximum absolute atomic E-state index is 13.3. The van der Waals surface area contributed by atoms with Crippen molar-refractivity contribution in [1.29, 1.82) is 0 Å². The Kier molecular flexibility index (Phi) is 7.49. The lowest BCUT2D eigenvalue weighted by Gasteiger charge is -2.41. The van der Waals surface area contributed by atoms with Crippen LogP contribution >= 0.6 is 0 Å². The molecule has 194 valence electrons. The van der Waals surface area contributed by atoms with Gasteiger partial charge in [-0.2, -0.15) is 5.32 Å². The van der Waals surface area contributed by atoms with Crippen molar-refractivity contribution in [2.24, 2.45) is 7.05 Å². The summed E-state index contributed by atoms with van der Waals surface area (Å²) in [5.41, 5.74) is 2.45. The first-order chi connectivity index (χ1) is 18.5. The number of aryl methyl sites for hydroxylation is 1. The average molecular weight is 512 g/mol. The van der Waals surface area contributed by atoms with Gasteiger partial charge in [0.2, 0.25) is 0 Å². The molecule has 5 rings (SSSR count). The molecule has 4 aromatic rings. The van der Waals surface area contributed by atoms with Crippen LogP contribution in [0.4, 0.5) is 10.8 Å². The van der Waals surface area contributed by atoms with E-state index in [9.17, 15) is 9.59 Å². The number of anilines is 1. The standard InChI is InChI=1S/C30H30N4O4/c1-33-28(38-27(32-33)24-13-7-3-8-14-24)31-26(35)21-30(25-15-9-4-10-16-25)17-19-34(20-18-30)29(36)37-22-23-11-5-2-6-12-23/h2-16H,17-22H2,1H3/p+1. The van der Waals surface area contributed by atoms with Crippen molar-refractivity contribution < 1.29 is 23.4 Å². The van der Waals surface area contributed by atoms with Crippen LogP contribution in [-0.2, 0) is 28.6 Å². The lowest BCUT2D eigenvalue weighted by Crippen LogP contribution is -2.47. The zero-order chi connectivity index (χ0) is 26.4. The molecular weight excluding hydrogens is 480 g/mol. The summed E-state index contributed by atoms with van der Waals surface area (Å²) in [7, 11) is 1.73. The molecule has 1 fully saturated rings. The predicted octanol–water partition coefficient (Wildman–Crippen LogP) is 4.87. The van der Waals surface area contributed by atoms with Gasteiger partial charge in [-0.15, -0.1) is 0 Å². The van der Waals surface area contributed by atoms with Gasteiger partial charge in [0.15, 0.2) is 0 Å². The lowest BCUT2D eigenvalue weighted by atomic mass is 9.70. The van der Waals surface area contributed by atoms with Gasteiger partial charge in [-0.05, 0) is 41.2 Å². The SMILES string of the molecule is C[n+]1nc(-c2ccccc2)oc1NC(=O)CC1(c2ccccc2)CCN(C(=O)OCc2ccccc2)CC1. The van der Waals surface area contributed by atoms with E-state index < -0.39 is 5.41 Å². The molecule has 0 bridgehead atoms. The van der Waals surface area contributed by atoms with E-state index in [1.165, 1.54) is 4.68 Å². The fraction of sp³-hybridized carbons (Fsp3) is 0.267. The number of nitrogens with one attached hydrogen (secondary N) is 1. The van der Waals surface area contributed by atoms with Crippen molar-refractivity contribution in [1.82, 2.24) is 10.00 Å². The second-order valence-corrected chi connectivity index (χ2v) is 9.60. The highest BCUT2D eigenvalue weighted by Gasteiger charge is 2.41. The number of aromatic nitrogens is 2. The van der Waals surface area contributed by atoms with E-state index in [0.29, 0.717) is 31.8 Å². The highest BCUT2D eigenvalue weighted by molar-refractivity contribution is 5.89. The van der Waals surface area contributed by atoms with Crippen LogP contribution in [0, 0.1) is 0 Å². The van der Waals surface area contributed by atoms with Crippen molar-refractivity contribution in [2.75, 3.05) is 18.4 Å². The Hall–Kier alpha value is -4.46. The van der Waals surface area contributed by atoms with Gasteiger partial charge in [-0.1, -0.05) is 83.5 Å². The largest absolute Gasteiger partial charge is 0.484 e. The molecular formula is C30H31N4O4+. The molecule has 1 saturated heterocycles. The maximum Gasteiger partial charge on any atom is 0.484 e. The third-order valence-corrected chi connectivity index (χ3v) is 7.06. The minimum Gasteiger partial charge on any atom is -0.445 e. The van der Waals surface area contributed by atoms with Gasteiger partial charge in [0.05, 0.1) is 6.42 Å². The summed E-state index contributed by atoms with van der Waals surface area (Å²) in [6, 6.07) is 29.5. The first kappa shape index (κ1) is 25.2. The second kappa shape index (κ2) is 11.3. The van der Waals surface area contributed by atoms with Gasteiger partial charge < -0.3 is 14.1 Å². The predicted molar refractivity (Wildman–Crippen MR) is 142 cm³/mol. The number of carbonyl (C=O) groups is 2. The first-order valence-electron chi connectivity index (χ1n) is 12.8. The summed E-state index contributed by atoms with van der Waals surface area (Å²) >= 11 is 0. The number of likely N-dealkylation sites (tertiary alicyclic amines) is 1. The number of rotatable bonds is 7. The van der Waals surface area contributed by atoms with Gasteiger partial charge in [0, 0.05) is 24.1 Å². The summed E-state index contributed by atoms with van der Waals surface area (Å²) in [5, 5.41) is 7.31. The van der Waals surface area contributed by atoms with Crippen LogP contribution in [0.1, 0.15) is 30.4 Å². The zero-order valence-corrected chi connectivity index (χ0v) is 21.4. The molecule has 8 nitrogen and oxygen atoms in total. The van der Waals surface area contributed by atoms with E-state index in [-0.39, 0.29) is 31.0 Å². The summed E-state index contributed by atoms with van der Waals surface area (Å²) in [6.07, 6.45) is 1.21. The Labute approximate surface area is 221 Å². The number of piperidine rings is 1. The van der Waals surface area contributed by atoms with Crippen molar-refractivity contribution in [3.05, 3.63) is 102 Å². The number of ether oxygens (including phenoxy) is 1. The average Bonchev–Trinajstić information content (AvgIpc) is 3.33. The molecule has 38 heavy (non-hydrogen) atoms. The number of benzene rings is 3. The Morgan fingerprint density at radius 2 is 1.55 bits per heavy atom. The normalized spacial score (nSPS) is 14.6. The minimum atomic E-state index is -0.414. The van der Waals surface area contributed by atoms with Crippen LogP contribution in [0.3, 0.4) is 0 Å². The highest BCUT2D eigenvalue weighted by atomic mass is 16.6. The minimum absolute atomic E-state index is 0.166. The van der Waals surface area contributed by atoms with E-state index in [2.05, 4.69) is 22.5 Å². The summed E-state index contributed by atoms with van der Waals surface area (Å²) in [5.74, 6) is 0.267. The molecule has 1 aromatic heterocycles. The molecule has 1 N–H and O–H groups in total. The van der Waals surface area contributed by atoms with Crippen LogP contribution < -0.4 is 10.00 Å². The summed E-state index contributed by atoms with van der Waals surface area (Å²) < 4.78 is 12.9. The van der Waals surface area contributed by atoms with Gasteiger partial charge in [-0.3, -0.25) is 0 Å². The number of amides is 2. The van der Waals surface area contributed by atoms with E-state index >= 15 is 0 Å². The third-order valence-electron chi connectivity index (χ3n) is 7.06. The van der Waals surface area contributed by atoms with Crippen molar-refractivity contribution in [3.63, 3.8) is 0 Å². The number of nitrogens with zero attached hydrogens (tertiary/aromatic N) is 3. The first-order valence-corrected chi connectivity index (χ1v) is 12.8. The molecule has 0 unspecified atom stereocenters. The Bertz CT molecular complexity index is 1370. The molecule has 0 radical (unpaired) electrons. The Morgan fingerprint density at radius 3 is 2.21 bits per heavy atom. The van der Waals surface area contributed by atoms with Crippen molar-refractivity contribution >= 4 is 18.0 Å². The molecule has 0 spiro atoms. The smallest absolute Gasteiger partial charge is 0.445 e. The molecule has 8 heteroatoms. The van der Waals surface area contributed by atoms with Crippen molar-refractivity contribution in [2.45, 2.75) is 31.3 Å². The van der Waals surface area contributed by atoms with E-state index in [4.69, 9.17) is 9.15 Å². The molecule has 0 saturated carbocycles. The fourth-order valence-corrected chi connectivity index (χ4v) is 4.92. The van der Waals surface area contributed by atoms with Gasteiger partial charge in [0.25, 0.3) is 5.89 Å². The van der Waals surface area contributed by atoms with Gasteiger partial charge >= 0.3 is 18.0 Å². The molecule has 0 aliphatic carbocycles. The van der Waals surface area contributed by atoms with E-state index in [1.54, 1.807) is 11.9 Å². The van der Waals surface area contributed by atoms with Crippen LogP contribution in [0.15, 0.2) is 95.4 Å². The molecule has 3 aromatic carbocycles. The summed E-state index contributed by atoms with van der Waals surface area (Å²) in [6.45, 7) is 1.25. The molecule has 1 aliphatic heterocycles. The van der Waals surface area contributed by atoms with Gasteiger partial charge in [-0.25, -0.2) is 9.59 Å². The summed E-state index contributed by atoms with van der Waals surface area (Å²) in [4.78, 5) is 27.8. The maximum atomic E-state index is 13.3. The van der Waals surface area contributed by atoms with Crippen LogP contribution in [-0.4, -0.2) is 35.1 Å². The quantitative estimate of drug-likeness (QED) is 0.358. The molecule has 2 heterocycles. The number of hydrogen-bond acceptors (Lipinski definition) is 5. The zero-order valence-electron chi connectivity index (χ0n) is 21.4. The number of carbonyl (C=O) groups excluding carboxylic acids is 2. The van der Waals surface area contributed by atoms with Crippen molar-refractivity contribution in [3.8, 4) is 11.5 Å². The fourth-order valence-electron chi connectivity index (χ4n) is 4.92. The van der Waals surface area contributed by atoms with Gasteiger partial charge in [0.1, 0.15) is 13.7 Å². The van der Waals surface area contributed by atoms with E-state index in [1.807, 2.05) is 78.9 Å². The van der Waals surface area contributed by atoms with Crippen LogP contribution in [0.25, 0.3) is 11.5 Å². The Balaban J connectivity index is 1.26. The van der Waals surface area contributed by atoms with Crippen LogP contribution in [0.5, 0.6) is 0 Å². The molecule has 1 aliphatic rings. The van der Waals surface area contributed by atoms with Crippen LogP contribution in [0.2, 0.25) is 0 Å². The third kappa shape index (κ3) is 5.75. The Morgan fingerprint density at radius 1 is 0.947 bits per heavy atom. The molecule has 2 amide bonds. The topological polar surface area (TPSA) is 88.5 Å². The monoisotopic (exact) mass is 511 g/mol. The number of hydrogen-bond donors (Lipinski definition) is 1. The second-order valence-electron chi connectivity index (χ2n) is 9.60. The highest BCUT2D eigenvalue weighted by Crippen LogP contribution is 2.39. The van der Waals surface area contributed by atoms with E-state index in [0.717, 1.165) is 16.7 Å².